The average molecular weight is 429 g/mol. The first-order valence-corrected chi connectivity index (χ1v) is 12.0. The molecule has 0 aliphatic carbocycles. The van der Waals surface area contributed by atoms with Crippen LogP contribution in [-0.4, -0.2) is 50.5 Å². The van der Waals surface area contributed by atoms with E-state index in [2.05, 4.69) is 46.9 Å². The molecule has 1 aromatic heterocycles. The molecular weight excluding hydrogens is 396 g/mol. The Balaban J connectivity index is 1.67. The topological polar surface area (TPSA) is 65.5 Å². The molecule has 2 aromatic rings. The summed E-state index contributed by atoms with van der Waals surface area (Å²) in [6.07, 6.45) is 4.61. The highest BCUT2D eigenvalue weighted by Crippen LogP contribution is 2.23. The molecule has 1 atom stereocenters. The number of pyridine rings is 1. The fraction of sp³-hybridized carbons (Fsp3) is 0.435. The Kier molecular flexibility index (Phi) is 7.15. The Morgan fingerprint density at radius 3 is 2.50 bits per heavy atom. The van der Waals surface area contributed by atoms with Crippen LogP contribution in [0.2, 0.25) is 0 Å². The van der Waals surface area contributed by atoms with Gasteiger partial charge >= 0.3 is 0 Å². The number of piperazine rings is 1. The van der Waals surface area contributed by atoms with Gasteiger partial charge < -0.3 is 4.90 Å². The minimum Gasteiger partial charge on any atom is -0.354 e. The van der Waals surface area contributed by atoms with Gasteiger partial charge in [0.25, 0.3) is 10.0 Å². The Bertz CT molecular complexity index is 940. The van der Waals surface area contributed by atoms with Crippen LogP contribution >= 0.6 is 0 Å². The van der Waals surface area contributed by atoms with E-state index < -0.39 is 10.0 Å². The first kappa shape index (κ1) is 22.3. The monoisotopic (exact) mass is 428 g/mol. The van der Waals surface area contributed by atoms with Crippen molar-refractivity contribution in [1.29, 1.82) is 0 Å². The van der Waals surface area contributed by atoms with E-state index in [9.17, 15) is 8.42 Å². The van der Waals surface area contributed by atoms with Crippen molar-refractivity contribution in [2.24, 2.45) is 0 Å². The van der Waals surface area contributed by atoms with E-state index in [1.165, 1.54) is 0 Å². The molecule has 7 heteroatoms. The molecule has 1 N–H and O–H groups in total. The average Bonchev–Trinajstić information content (AvgIpc) is 2.74. The van der Waals surface area contributed by atoms with Crippen LogP contribution in [0.15, 0.2) is 60.1 Å². The molecule has 0 saturated carbocycles. The molecule has 3 rings (SSSR count). The first-order valence-electron chi connectivity index (χ1n) is 10.5. The van der Waals surface area contributed by atoms with Crippen molar-refractivity contribution in [3.05, 3.63) is 60.8 Å². The molecule has 6 nitrogen and oxygen atoms in total. The van der Waals surface area contributed by atoms with Crippen molar-refractivity contribution < 1.29 is 8.42 Å². The quantitative estimate of drug-likeness (QED) is 0.642. The zero-order chi connectivity index (χ0) is 21.7. The van der Waals surface area contributed by atoms with Crippen molar-refractivity contribution in [1.82, 2.24) is 9.88 Å². The number of nitrogens with zero attached hydrogens (tertiary/aromatic N) is 3. The van der Waals surface area contributed by atoms with Crippen molar-refractivity contribution in [2.45, 2.75) is 44.0 Å². The van der Waals surface area contributed by atoms with Gasteiger partial charge in [0.05, 0.1) is 16.8 Å². The number of rotatable bonds is 8. The van der Waals surface area contributed by atoms with Gasteiger partial charge in [-0.05, 0) is 42.2 Å². The number of benzene rings is 1. The van der Waals surface area contributed by atoms with E-state index in [0.29, 0.717) is 17.6 Å². The van der Waals surface area contributed by atoms with E-state index in [1.54, 1.807) is 24.4 Å². The second-order valence-electron chi connectivity index (χ2n) is 8.03. The second-order valence-corrected chi connectivity index (χ2v) is 9.71. The molecule has 0 radical (unpaired) electrons. The molecular formula is C23H32N4O2S. The molecule has 2 heterocycles. The lowest BCUT2D eigenvalue weighted by Gasteiger charge is -2.41. The lowest BCUT2D eigenvalue weighted by Crippen LogP contribution is -2.53. The van der Waals surface area contributed by atoms with Gasteiger partial charge in [-0.25, -0.2) is 13.4 Å². The summed E-state index contributed by atoms with van der Waals surface area (Å²) in [6.45, 7) is 13.9. The number of hydrogen-bond acceptors (Lipinski definition) is 5. The summed E-state index contributed by atoms with van der Waals surface area (Å²) in [5, 5.41) is 0. The van der Waals surface area contributed by atoms with Crippen LogP contribution in [-0.2, 0) is 10.0 Å². The molecule has 1 aromatic carbocycles. The maximum Gasteiger partial charge on any atom is 0.261 e. The van der Waals surface area contributed by atoms with Gasteiger partial charge in [-0.3, -0.25) is 9.62 Å². The second kappa shape index (κ2) is 9.62. The molecule has 0 spiro atoms. The summed E-state index contributed by atoms with van der Waals surface area (Å²) in [6, 6.07) is 11.1. The highest BCUT2D eigenvalue weighted by Gasteiger charge is 2.25. The van der Waals surface area contributed by atoms with Crippen LogP contribution < -0.4 is 9.62 Å². The fourth-order valence-corrected chi connectivity index (χ4v) is 4.82. The number of aromatic nitrogens is 1. The van der Waals surface area contributed by atoms with Crippen LogP contribution in [0.1, 0.15) is 38.7 Å². The van der Waals surface area contributed by atoms with Gasteiger partial charge in [-0.1, -0.05) is 39.0 Å². The Labute approximate surface area is 180 Å². The van der Waals surface area contributed by atoms with E-state index in [0.717, 1.165) is 44.0 Å². The van der Waals surface area contributed by atoms with Crippen molar-refractivity contribution in [3.63, 3.8) is 0 Å². The molecule has 162 valence electrons. The fourth-order valence-electron chi connectivity index (χ4n) is 3.77. The van der Waals surface area contributed by atoms with Gasteiger partial charge in [-0.15, -0.1) is 6.58 Å². The highest BCUT2D eigenvalue weighted by atomic mass is 32.2. The SMILES string of the molecule is C=CCN1CCN(c2ccc(NS(=O)(=O)c3ccc(C(C)C)cc3)cn2)C[C@@H]1CC. The molecule has 1 fully saturated rings. The summed E-state index contributed by atoms with van der Waals surface area (Å²) in [4.78, 5) is 9.47. The van der Waals surface area contributed by atoms with Crippen LogP contribution in [0.3, 0.4) is 0 Å². The molecule has 1 aliphatic heterocycles. The van der Waals surface area contributed by atoms with E-state index in [-0.39, 0.29) is 4.90 Å². The molecule has 1 saturated heterocycles. The normalized spacial score (nSPS) is 17.9. The minimum atomic E-state index is -3.64. The smallest absolute Gasteiger partial charge is 0.261 e. The molecule has 1 aliphatic rings. The maximum atomic E-state index is 12.7. The van der Waals surface area contributed by atoms with E-state index in [4.69, 9.17) is 0 Å². The predicted molar refractivity (Wildman–Crippen MR) is 124 cm³/mol. The van der Waals surface area contributed by atoms with Crippen LogP contribution in [0.4, 0.5) is 11.5 Å². The van der Waals surface area contributed by atoms with Crippen molar-refractivity contribution in [3.8, 4) is 0 Å². The molecule has 0 bridgehead atoms. The minimum absolute atomic E-state index is 0.250. The lowest BCUT2D eigenvalue weighted by atomic mass is 10.0. The summed E-state index contributed by atoms with van der Waals surface area (Å²) in [7, 11) is -3.64. The summed E-state index contributed by atoms with van der Waals surface area (Å²) < 4.78 is 28.0. The number of hydrogen-bond donors (Lipinski definition) is 1. The number of anilines is 2. The third-order valence-electron chi connectivity index (χ3n) is 5.62. The van der Waals surface area contributed by atoms with Gasteiger partial charge in [0.2, 0.25) is 0 Å². The number of nitrogens with one attached hydrogen (secondary N) is 1. The predicted octanol–water partition coefficient (Wildman–Crippen LogP) is 4.09. The van der Waals surface area contributed by atoms with Gasteiger partial charge in [-0.2, -0.15) is 0 Å². The first-order chi connectivity index (χ1) is 14.3. The highest BCUT2D eigenvalue weighted by molar-refractivity contribution is 7.92. The third kappa shape index (κ3) is 5.21. The van der Waals surface area contributed by atoms with Gasteiger partial charge in [0.15, 0.2) is 0 Å². The summed E-state index contributed by atoms with van der Waals surface area (Å²) >= 11 is 0. The van der Waals surface area contributed by atoms with Gasteiger partial charge in [0.1, 0.15) is 5.82 Å². The summed E-state index contributed by atoms with van der Waals surface area (Å²) in [5.74, 6) is 1.23. The molecule has 30 heavy (non-hydrogen) atoms. The standard InChI is InChI=1S/C23H32N4O2S/c1-5-13-26-14-15-27(17-21(26)6-2)23-12-9-20(16-24-23)25-30(28,29)22-10-7-19(8-11-22)18(3)4/h5,7-12,16,18,21,25H,1,6,13-15,17H2,2-4H3/t21-/m0/s1. The Morgan fingerprint density at radius 2 is 1.93 bits per heavy atom. The Hall–Kier alpha value is -2.38. The largest absolute Gasteiger partial charge is 0.354 e. The molecule has 0 unspecified atom stereocenters. The van der Waals surface area contributed by atoms with Crippen molar-refractivity contribution in [2.75, 3.05) is 35.8 Å². The molecule has 0 amide bonds. The van der Waals surface area contributed by atoms with Crippen molar-refractivity contribution >= 4 is 21.5 Å². The zero-order valence-electron chi connectivity index (χ0n) is 18.1. The van der Waals surface area contributed by atoms with Crippen LogP contribution in [0.25, 0.3) is 0 Å². The summed E-state index contributed by atoms with van der Waals surface area (Å²) in [5.41, 5.74) is 1.57. The Morgan fingerprint density at radius 1 is 1.20 bits per heavy atom. The zero-order valence-corrected chi connectivity index (χ0v) is 18.9. The maximum absolute atomic E-state index is 12.7. The van der Waals surface area contributed by atoms with Gasteiger partial charge in [0, 0.05) is 32.2 Å². The third-order valence-corrected chi connectivity index (χ3v) is 7.02. The lowest BCUT2D eigenvalue weighted by molar-refractivity contribution is 0.190. The number of sulfonamides is 1. The van der Waals surface area contributed by atoms with Crippen LogP contribution in [0, 0.1) is 0 Å². The van der Waals surface area contributed by atoms with Crippen LogP contribution in [0.5, 0.6) is 0 Å². The van der Waals surface area contributed by atoms with E-state index >= 15 is 0 Å². The van der Waals surface area contributed by atoms with E-state index in [1.807, 2.05) is 24.3 Å².